The number of thiazole rings is 1. The molecule has 3 nitrogen and oxygen atoms in total. The van der Waals surface area contributed by atoms with Crippen molar-refractivity contribution in [2.24, 2.45) is 0 Å². The smallest absolute Gasteiger partial charge is 0.268 e. The van der Waals surface area contributed by atoms with E-state index in [-0.39, 0.29) is 5.91 Å². The van der Waals surface area contributed by atoms with Gasteiger partial charge in [-0.2, -0.15) is 0 Å². The summed E-state index contributed by atoms with van der Waals surface area (Å²) in [7, 11) is 0. The van der Waals surface area contributed by atoms with E-state index in [4.69, 9.17) is 11.6 Å². The Labute approximate surface area is 137 Å². The summed E-state index contributed by atoms with van der Waals surface area (Å²) in [5, 5.41) is 4.38. The molecular weight excluding hydrogens is 316 g/mol. The summed E-state index contributed by atoms with van der Waals surface area (Å²) in [5.41, 5.74) is 2.36. The highest BCUT2D eigenvalue weighted by Crippen LogP contribution is 2.28. The van der Waals surface area contributed by atoms with Crippen molar-refractivity contribution in [2.45, 2.75) is 6.92 Å². The molecule has 0 unspecified atom stereocenters. The minimum atomic E-state index is -0.160. The average Bonchev–Trinajstić information content (AvgIpc) is 2.92. The lowest BCUT2D eigenvalue weighted by Gasteiger charge is -2.05. The van der Waals surface area contributed by atoms with Gasteiger partial charge in [0, 0.05) is 16.3 Å². The summed E-state index contributed by atoms with van der Waals surface area (Å²) in [6.07, 6.45) is 0. The molecule has 1 N–H and O–H groups in total. The van der Waals surface area contributed by atoms with Crippen molar-refractivity contribution in [3.63, 3.8) is 0 Å². The van der Waals surface area contributed by atoms with Crippen LogP contribution in [0.3, 0.4) is 0 Å². The van der Waals surface area contributed by atoms with Crippen LogP contribution >= 0.6 is 22.9 Å². The SMILES string of the molecule is Cc1nc(-c2ccccc2)c(C(=O)Nc2ccc(Cl)cc2)s1. The Bertz CT molecular complexity index is 797. The van der Waals surface area contributed by atoms with Crippen LogP contribution in [-0.4, -0.2) is 10.9 Å². The second kappa shape index (κ2) is 6.30. The Balaban J connectivity index is 1.91. The number of benzene rings is 2. The Morgan fingerprint density at radius 1 is 1.09 bits per heavy atom. The molecule has 0 fully saturated rings. The molecule has 1 amide bonds. The van der Waals surface area contributed by atoms with Crippen LogP contribution in [0.1, 0.15) is 14.7 Å². The van der Waals surface area contributed by atoms with E-state index in [1.54, 1.807) is 24.3 Å². The number of anilines is 1. The predicted molar refractivity (Wildman–Crippen MR) is 91.7 cm³/mol. The zero-order valence-corrected chi connectivity index (χ0v) is 13.4. The van der Waals surface area contributed by atoms with E-state index < -0.39 is 0 Å². The molecule has 0 atom stereocenters. The molecule has 0 aliphatic rings. The van der Waals surface area contributed by atoms with Crippen LogP contribution in [0, 0.1) is 6.92 Å². The third-order valence-electron chi connectivity index (χ3n) is 3.09. The average molecular weight is 329 g/mol. The number of hydrogen-bond acceptors (Lipinski definition) is 3. The minimum absolute atomic E-state index is 0.160. The summed E-state index contributed by atoms with van der Waals surface area (Å²) >= 11 is 7.24. The van der Waals surface area contributed by atoms with Crippen molar-refractivity contribution in [1.29, 1.82) is 0 Å². The summed E-state index contributed by atoms with van der Waals surface area (Å²) in [6, 6.07) is 16.8. The lowest BCUT2D eigenvalue weighted by Crippen LogP contribution is -2.11. The van der Waals surface area contributed by atoms with Crippen LogP contribution < -0.4 is 5.32 Å². The number of hydrogen-bond donors (Lipinski definition) is 1. The number of carbonyl (C=O) groups is 1. The maximum atomic E-state index is 12.5. The van der Waals surface area contributed by atoms with E-state index in [0.29, 0.717) is 15.6 Å². The predicted octanol–water partition coefficient (Wildman–Crippen LogP) is 5.02. The number of amides is 1. The molecular formula is C17H13ClN2OS. The first-order valence-corrected chi connectivity index (χ1v) is 7.93. The Kier molecular flexibility index (Phi) is 4.22. The third kappa shape index (κ3) is 3.18. The number of aryl methyl sites for hydroxylation is 1. The number of carbonyl (C=O) groups excluding carboxylic acids is 1. The monoisotopic (exact) mass is 328 g/mol. The number of nitrogens with zero attached hydrogens (tertiary/aromatic N) is 1. The zero-order chi connectivity index (χ0) is 15.5. The van der Waals surface area contributed by atoms with Gasteiger partial charge in [0.15, 0.2) is 0 Å². The van der Waals surface area contributed by atoms with E-state index in [0.717, 1.165) is 16.3 Å². The van der Waals surface area contributed by atoms with Crippen LogP contribution in [0.25, 0.3) is 11.3 Å². The molecule has 110 valence electrons. The summed E-state index contributed by atoms with van der Waals surface area (Å²) in [6.45, 7) is 1.90. The second-order valence-corrected chi connectivity index (χ2v) is 6.38. The molecule has 0 saturated heterocycles. The van der Waals surface area contributed by atoms with Gasteiger partial charge in [-0.3, -0.25) is 4.79 Å². The summed E-state index contributed by atoms with van der Waals surface area (Å²) < 4.78 is 0. The standard InChI is InChI=1S/C17H13ClN2OS/c1-11-19-15(12-5-3-2-4-6-12)16(22-11)17(21)20-14-9-7-13(18)8-10-14/h2-10H,1H3,(H,20,21). The molecule has 0 aliphatic heterocycles. The van der Waals surface area contributed by atoms with Crippen molar-refractivity contribution >= 4 is 34.5 Å². The molecule has 2 aromatic carbocycles. The van der Waals surface area contributed by atoms with E-state index in [1.807, 2.05) is 37.3 Å². The molecule has 22 heavy (non-hydrogen) atoms. The first-order valence-electron chi connectivity index (χ1n) is 6.73. The number of rotatable bonds is 3. The van der Waals surface area contributed by atoms with Crippen LogP contribution in [-0.2, 0) is 0 Å². The quantitative estimate of drug-likeness (QED) is 0.733. The lowest BCUT2D eigenvalue weighted by atomic mass is 10.1. The lowest BCUT2D eigenvalue weighted by molar-refractivity contribution is 0.103. The third-order valence-corrected chi connectivity index (χ3v) is 4.31. The molecule has 1 heterocycles. The fourth-order valence-corrected chi connectivity index (χ4v) is 3.06. The molecule has 3 aromatic rings. The van der Waals surface area contributed by atoms with Crippen molar-refractivity contribution in [1.82, 2.24) is 4.98 Å². The normalized spacial score (nSPS) is 10.5. The van der Waals surface area contributed by atoms with Gasteiger partial charge in [-0.25, -0.2) is 4.98 Å². The first kappa shape index (κ1) is 14.8. The van der Waals surface area contributed by atoms with Crippen LogP contribution in [0.2, 0.25) is 5.02 Å². The summed E-state index contributed by atoms with van der Waals surface area (Å²) in [5.74, 6) is -0.160. The van der Waals surface area contributed by atoms with Gasteiger partial charge in [-0.15, -0.1) is 11.3 Å². The Hall–Kier alpha value is -2.17. The molecule has 0 saturated carbocycles. The fourth-order valence-electron chi connectivity index (χ4n) is 2.09. The maximum absolute atomic E-state index is 12.5. The highest BCUT2D eigenvalue weighted by molar-refractivity contribution is 7.14. The van der Waals surface area contributed by atoms with Gasteiger partial charge < -0.3 is 5.32 Å². The van der Waals surface area contributed by atoms with Crippen molar-refractivity contribution < 1.29 is 4.79 Å². The molecule has 1 aromatic heterocycles. The molecule has 0 radical (unpaired) electrons. The van der Waals surface area contributed by atoms with Gasteiger partial charge in [-0.05, 0) is 31.2 Å². The van der Waals surface area contributed by atoms with E-state index in [2.05, 4.69) is 10.3 Å². The largest absolute Gasteiger partial charge is 0.321 e. The van der Waals surface area contributed by atoms with E-state index >= 15 is 0 Å². The van der Waals surface area contributed by atoms with Crippen LogP contribution in [0.5, 0.6) is 0 Å². The summed E-state index contributed by atoms with van der Waals surface area (Å²) in [4.78, 5) is 17.6. The minimum Gasteiger partial charge on any atom is -0.321 e. The second-order valence-electron chi connectivity index (χ2n) is 4.74. The van der Waals surface area contributed by atoms with E-state index in [9.17, 15) is 4.79 Å². The Morgan fingerprint density at radius 3 is 2.45 bits per heavy atom. The fraction of sp³-hybridized carbons (Fsp3) is 0.0588. The number of halogens is 1. The van der Waals surface area contributed by atoms with Gasteiger partial charge in [-0.1, -0.05) is 41.9 Å². The maximum Gasteiger partial charge on any atom is 0.268 e. The highest BCUT2D eigenvalue weighted by Gasteiger charge is 2.18. The van der Waals surface area contributed by atoms with Crippen molar-refractivity contribution in [2.75, 3.05) is 5.32 Å². The first-order chi connectivity index (χ1) is 10.6. The molecule has 0 aliphatic carbocycles. The molecule has 3 rings (SSSR count). The number of aromatic nitrogens is 1. The van der Waals surface area contributed by atoms with Gasteiger partial charge in [0.2, 0.25) is 0 Å². The van der Waals surface area contributed by atoms with E-state index in [1.165, 1.54) is 11.3 Å². The topological polar surface area (TPSA) is 42.0 Å². The highest BCUT2D eigenvalue weighted by atomic mass is 35.5. The van der Waals surface area contributed by atoms with Crippen LogP contribution in [0.15, 0.2) is 54.6 Å². The zero-order valence-electron chi connectivity index (χ0n) is 11.8. The molecule has 5 heteroatoms. The van der Waals surface area contributed by atoms with Gasteiger partial charge in [0.1, 0.15) is 4.88 Å². The van der Waals surface area contributed by atoms with Gasteiger partial charge >= 0.3 is 0 Å². The molecule has 0 spiro atoms. The van der Waals surface area contributed by atoms with Gasteiger partial charge in [0.25, 0.3) is 5.91 Å². The van der Waals surface area contributed by atoms with Gasteiger partial charge in [0.05, 0.1) is 10.7 Å². The van der Waals surface area contributed by atoms with Crippen molar-refractivity contribution in [3.05, 3.63) is 69.5 Å². The Morgan fingerprint density at radius 2 is 1.77 bits per heavy atom. The van der Waals surface area contributed by atoms with Crippen LogP contribution in [0.4, 0.5) is 5.69 Å². The molecule has 0 bridgehead atoms. The van der Waals surface area contributed by atoms with Crippen molar-refractivity contribution in [3.8, 4) is 11.3 Å². The number of nitrogens with one attached hydrogen (secondary N) is 1.